The number of anilines is 1. The fourth-order valence-electron chi connectivity index (χ4n) is 1.54. The first-order valence-corrected chi connectivity index (χ1v) is 6.08. The van der Waals surface area contributed by atoms with Crippen molar-refractivity contribution in [1.29, 1.82) is 0 Å². The molecule has 5 nitrogen and oxygen atoms in total. The number of hydrogen-bond acceptors (Lipinski definition) is 4. The minimum absolute atomic E-state index is 0.0293. The number of para-hydroxylation sites is 1. The Bertz CT molecular complexity index is 445. The molecule has 1 amide bonds. The van der Waals surface area contributed by atoms with Crippen molar-refractivity contribution < 1.29 is 19.1 Å². The highest BCUT2D eigenvalue weighted by molar-refractivity contribution is 6.01. The number of carbonyl (C=O) groups excluding carboxylic acids is 2. The number of rotatable bonds is 6. The Kier molecular flexibility index (Phi) is 6.02. The van der Waals surface area contributed by atoms with Crippen LogP contribution in [0.5, 0.6) is 0 Å². The number of ether oxygens (including phenoxy) is 2. The number of hydrogen-bond donors (Lipinski definition) is 1. The number of methoxy groups -OCH3 is 2. The van der Waals surface area contributed by atoms with Crippen LogP contribution in [0.2, 0.25) is 0 Å². The van der Waals surface area contributed by atoms with E-state index in [9.17, 15) is 9.59 Å². The van der Waals surface area contributed by atoms with Crippen LogP contribution in [0.4, 0.5) is 5.69 Å². The fourth-order valence-corrected chi connectivity index (χ4v) is 1.54. The summed E-state index contributed by atoms with van der Waals surface area (Å²) in [4.78, 5) is 23.3. The molecule has 1 rings (SSSR count). The standard InChI is InChI=1S/C14H19NO4/c1-10(18-2)8-9-13(16)15-12-7-5-4-6-11(12)14(17)19-3/h4-7,10H,8-9H2,1-3H3,(H,15,16). The summed E-state index contributed by atoms with van der Waals surface area (Å²) in [5.74, 6) is -0.624. The number of carbonyl (C=O) groups is 2. The Morgan fingerprint density at radius 1 is 1.26 bits per heavy atom. The van der Waals surface area contributed by atoms with Gasteiger partial charge in [-0.1, -0.05) is 12.1 Å². The molecule has 1 aromatic carbocycles. The van der Waals surface area contributed by atoms with Gasteiger partial charge in [0.2, 0.25) is 5.91 Å². The van der Waals surface area contributed by atoms with Crippen molar-refractivity contribution >= 4 is 17.6 Å². The molecule has 1 N–H and O–H groups in total. The summed E-state index contributed by atoms with van der Waals surface area (Å²) in [6.45, 7) is 1.90. The molecule has 1 atom stereocenters. The van der Waals surface area contributed by atoms with Gasteiger partial charge < -0.3 is 14.8 Å². The molecule has 0 fully saturated rings. The highest BCUT2D eigenvalue weighted by atomic mass is 16.5. The van der Waals surface area contributed by atoms with E-state index >= 15 is 0 Å². The van der Waals surface area contributed by atoms with Crippen LogP contribution in [-0.4, -0.2) is 32.2 Å². The van der Waals surface area contributed by atoms with E-state index < -0.39 is 5.97 Å². The van der Waals surface area contributed by atoms with Crippen molar-refractivity contribution in [2.45, 2.75) is 25.9 Å². The quantitative estimate of drug-likeness (QED) is 0.801. The summed E-state index contributed by atoms with van der Waals surface area (Å²) in [7, 11) is 2.91. The molecule has 5 heteroatoms. The first kappa shape index (κ1) is 15.2. The Labute approximate surface area is 112 Å². The minimum atomic E-state index is -0.471. The Hall–Kier alpha value is -1.88. The lowest BCUT2D eigenvalue weighted by Gasteiger charge is -2.11. The van der Waals surface area contributed by atoms with Crippen molar-refractivity contribution in [3.05, 3.63) is 29.8 Å². The largest absolute Gasteiger partial charge is 0.465 e. The highest BCUT2D eigenvalue weighted by Gasteiger charge is 2.13. The van der Waals surface area contributed by atoms with Gasteiger partial charge in [0.05, 0.1) is 24.5 Å². The van der Waals surface area contributed by atoms with Crippen LogP contribution in [0.3, 0.4) is 0 Å². The predicted molar refractivity (Wildman–Crippen MR) is 72.1 cm³/mol. The normalized spacial score (nSPS) is 11.7. The van der Waals surface area contributed by atoms with Crippen molar-refractivity contribution in [2.75, 3.05) is 19.5 Å². The molecule has 1 aromatic rings. The predicted octanol–water partition coefficient (Wildman–Crippen LogP) is 2.23. The van der Waals surface area contributed by atoms with Crippen LogP contribution in [0.25, 0.3) is 0 Å². The molecule has 0 aliphatic carbocycles. The lowest BCUT2D eigenvalue weighted by molar-refractivity contribution is -0.116. The smallest absolute Gasteiger partial charge is 0.339 e. The van der Waals surface area contributed by atoms with Gasteiger partial charge in [0.15, 0.2) is 0 Å². The van der Waals surface area contributed by atoms with Gasteiger partial charge in [0, 0.05) is 13.5 Å². The van der Waals surface area contributed by atoms with Gasteiger partial charge in [-0.2, -0.15) is 0 Å². The third-order valence-corrected chi connectivity index (χ3v) is 2.79. The van der Waals surface area contributed by atoms with E-state index in [1.165, 1.54) is 7.11 Å². The van der Waals surface area contributed by atoms with Gasteiger partial charge in [-0.25, -0.2) is 4.79 Å². The topological polar surface area (TPSA) is 64.6 Å². The van der Waals surface area contributed by atoms with Crippen LogP contribution in [-0.2, 0) is 14.3 Å². The maximum absolute atomic E-state index is 11.8. The summed E-state index contributed by atoms with van der Waals surface area (Å²) < 4.78 is 9.74. The summed E-state index contributed by atoms with van der Waals surface area (Å²) in [6, 6.07) is 6.75. The van der Waals surface area contributed by atoms with Gasteiger partial charge in [0.1, 0.15) is 0 Å². The molecular formula is C14H19NO4. The van der Waals surface area contributed by atoms with Crippen molar-refractivity contribution in [1.82, 2.24) is 0 Å². The fraction of sp³-hybridized carbons (Fsp3) is 0.429. The first-order chi connectivity index (χ1) is 9.08. The van der Waals surface area contributed by atoms with E-state index in [0.717, 1.165) is 0 Å². The molecule has 1 unspecified atom stereocenters. The zero-order valence-corrected chi connectivity index (χ0v) is 11.4. The van der Waals surface area contributed by atoms with Crippen molar-refractivity contribution in [3.8, 4) is 0 Å². The number of esters is 1. The molecule has 0 aromatic heterocycles. The van der Waals surface area contributed by atoms with Gasteiger partial charge in [-0.15, -0.1) is 0 Å². The van der Waals surface area contributed by atoms with Gasteiger partial charge in [0.25, 0.3) is 0 Å². The molecule has 0 aliphatic heterocycles. The van der Waals surface area contributed by atoms with Gasteiger partial charge >= 0.3 is 5.97 Å². The van der Waals surface area contributed by atoms with E-state index in [0.29, 0.717) is 24.1 Å². The lowest BCUT2D eigenvalue weighted by atomic mass is 10.1. The van der Waals surface area contributed by atoms with Crippen LogP contribution in [0.1, 0.15) is 30.1 Å². The molecule has 0 saturated heterocycles. The van der Waals surface area contributed by atoms with E-state index in [2.05, 4.69) is 10.1 Å². The molecule has 19 heavy (non-hydrogen) atoms. The molecule has 0 spiro atoms. The van der Waals surface area contributed by atoms with E-state index in [1.807, 2.05) is 6.92 Å². The maximum Gasteiger partial charge on any atom is 0.339 e. The van der Waals surface area contributed by atoms with E-state index in [-0.39, 0.29) is 12.0 Å². The van der Waals surface area contributed by atoms with Crippen molar-refractivity contribution in [2.24, 2.45) is 0 Å². The molecule has 0 heterocycles. The lowest BCUT2D eigenvalue weighted by Crippen LogP contribution is -2.17. The minimum Gasteiger partial charge on any atom is -0.465 e. The monoisotopic (exact) mass is 265 g/mol. The second-order valence-electron chi connectivity index (χ2n) is 4.17. The third kappa shape index (κ3) is 4.71. The second-order valence-corrected chi connectivity index (χ2v) is 4.17. The van der Waals surface area contributed by atoms with Crippen LogP contribution >= 0.6 is 0 Å². The average Bonchev–Trinajstić information content (AvgIpc) is 2.44. The van der Waals surface area contributed by atoms with Crippen LogP contribution < -0.4 is 5.32 Å². The first-order valence-electron chi connectivity index (χ1n) is 6.08. The van der Waals surface area contributed by atoms with E-state index in [4.69, 9.17) is 4.74 Å². The number of benzene rings is 1. The molecular weight excluding hydrogens is 246 g/mol. The summed E-state index contributed by atoms with van der Waals surface area (Å²) in [6.07, 6.45) is 0.995. The summed E-state index contributed by atoms with van der Waals surface area (Å²) in [5, 5.41) is 2.71. The summed E-state index contributed by atoms with van der Waals surface area (Å²) in [5.41, 5.74) is 0.808. The average molecular weight is 265 g/mol. The molecule has 0 bridgehead atoms. The highest BCUT2D eigenvalue weighted by Crippen LogP contribution is 2.16. The molecule has 104 valence electrons. The Morgan fingerprint density at radius 2 is 1.95 bits per heavy atom. The zero-order valence-electron chi connectivity index (χ0n) is 11.4. The Balaban J connectivity index is 2.66. The zero-order chi connectivity index (χ0) is 14.3. The van der Waals surface area contributed by atoms with Gasteiger partial charge in [-0.3, -0.25) is 4.79 Å². The number of nitrogens with one attached hydrogen (secondary N) is 1. The molecule has 0 aliphatic rings. The van der Waals surface area contributed by atoms with E-state index in [1.54, 1.807) is 31.4 Å². The third-order valence-electron chi connectivity index (χ3n) is 2.79. The van der Waals surface area contributed by atoms with Crippen molar-refractivity contribution in [3.63, 3.8) is 0 Å². The SMILES string of the molecule is COC(=O)c1ccccc1NC(=O)CCC(C)OC. The summed E-state index contributed by atoms with van der Waals surface area (Å²) >= 11 is 0. The van der Waals surface area contributed by atoms with Crippen LogP contribution in [0.15, 0.2) is 24.3 Å². The molecule has 0 saturated carbocycles. The van der Waals surface area contributed by atoms with Crippen LogP contribution in [0, 0.1) is 0 Å². The van der Waals surface area contributed by atoms with Gasteiger partial charge in [-0.05, 0) is 25.5 Å². The Morgan fingerprint density at radius 3 is 2.58 bits per heavy atom. The number of amides is 1. The maximum atomic E-state index is 11.8. The molecule has 0 radical (unpaired) electrons. The second kappa shape index (κ2) is 7.53.